The van der Waals surface area contributed by atoms with Crippen molar-refractivity contribution >= 4 is 11.7 Å². The molecule has 0 atom stereocenters. The van der Waals surface area contributed by atoms with Crippen LogP contribution in [-0.4, -0.2) is 35.7 Å². The van der Waals surface area contributed by atoms with Crippen molar-refractivity contribution < 1.29 is 14.3 Å². The Labute approximate surface area is 123 Å². The zero-order chi connectivity index (χ0) is 15.4. The van der Waals surface area contributed by atoms with Crippen LogP contribution in [0.25, 0.3) is 0 Å². The van der Waals surface area contributed by atoms with Gasteiger partial charge in [0.15, 0.2) is 5.78 Å². The van der Waals surface area contributed by atoms with Crippen molar-refractivity contribution in [1.29, 1.82) is 0 Å². The maximum absolute atomic E-state index is 12.3. The molecule has 1 heterocycles. The van der Waals surface area contributed by atoms with Crippen LogP contribution >= 0.6 is 0 Å². The number of hydrogen-bond donors (Lipinski definition) is 1. The van der Waals surface area contributed by atoms with Crippen LogP contribution < -0.4 is 4.74 Å². The standard InChI is InChI=1S/C16H18N2O3/c1-11(19)13-8-14(17-9-13)16(20)18(2)10-12-6-4-5-7-15(12)21-3/h4-9,17H,10H2,1-3H3. The summed E-state index contributed by atoms with van der Waals surface area (Å²) in [7, 11) is 3.31. The predicted molar refractivity (Wildman–Crippen MR) is 79.6 cm³/mol. The average Bonchev–Trinajstić information content (AvgIpc) is 2.97. The smallest absolute Gasteiger partial charge is 0.270 e. The molecule has 1 N–H and O–H groups in total. The summed E-state index contributed by atoms with van der Waals surface area (Å²) in [6.07, 6.45) is 1.55. The van der Waals surface area contributed by atoms with E-state index >= 15 is 0 Å². The fourth-order valence-electron chi connectivity index (χ4n) is 2.09. The molecule has 110 valence electrons. The summed E-state index contributed by atoms with van der Waals surface area (Å²) in [5.41, 5.74) is 1.83. The number of aromatic amines is 1. The Kier molecular flexibility index (Phi) is 4.42. The van der Waals surface area contributed by atoms with Gasteiger partial charge in [-0.15, -0.1) is 0 Å². The number of nitrogens with one attached hydrogen (secondary N) is 1. The number of carbonyl (C=O) groups is 2. The molecule has 2 aromatic rings. The van der Waals surface area contributed by atoms with Gasteiger partial charge in [0.1, 0.15) is 11.4 Å². The Morgan fingerprint density at radius 1 is 1.29 bits per heavy atom. The Bertz CT molecular complexity index is 661. The lowest BCUT2D eigenvalue weighted by atomic mass is 10.2. The average molecular weight is 286 g/mol. The van der Waals surface area contributed by atoms with Gasteiger partial charge in [0, 0.05) is 30.9 Å². The van der Waals surface area contributed by atoms with Gasteiger partial charge in [0.25, 0.3) is 5.91 Å². The number of H-pyrrole nitrogens is 1. The number of Topliss-reactive ketones (excluding diaryl/α,β-unsaturated/α-hetero) is 1. The molecule has 0 unspecified atom stereocenters. The minimum absolute atomic E-state index is 0.0716. The molecule has 5 nitrogen and oxygen atoms in total. The predicted octanol–water partition coefficient (Wildman–Crippen LogP) is 2.50. The van der Waals surface area contributed by atoms with Gasteiger partial charge in [0.05, 0.1) is 7.11 Å². The van der Waals surface area contributed by atoms with Gasteiger partial charge in [-0.25, -0.2) is 0 Å². The summed E-state index contributed by atoms with van der Waals surface area (Å²) < 4.78 is 5.28. The molecular formula is C16H18N2O3. The SMILES string of the molecule is COc1ccccc1CN(C)C(=O)c1cc(C(C)=O)c[nH]1. The molecule has 0 aliphatic carbocycles. The number of amides is 1. The Balaban J connectivity index is 2.13. The van der Waals surface area contributed by atoms with Crippen molar-refractivity contribution in [3.63, 3.8) is 0 Å². The maximum Gasteiger partial charge on any atom is 0.270 e. The van der Waals surface area contributed by atoms with Crippen molar-refractivity contribution in [2.24, 2.45) is 0 Å². The van der Waals surface area contributed by atoms with Crippen LogP contribution in [0.4, 0.5) is 0 Å². The highest BCUT2D eigenvalue weighted by Gasteiger charge is 2.16. The number of benzene rings is 1. The molecule has 5 heteroatoms. The zero-order valence-electron chi connectivity index (χ0n) is 12.3. The summed E-state index contributed by atoms with van der Waals surface area (Å²) >= 11 is 0. The molecular weight excluding hydrogens is 268 g/mol. The first-order valence-corrected chi connectivity index (χ1v) is 6.59. The lowest BCUT2D eigenvalue weighted by Gasteiger charge is -2.18. The molecule has 0 spiro atoms. The van der Waals surface area contributed by atoms with E-state index in [1.54, 1.807) is 31.3 Å². The Morgan fingerprint density at radius 2 is 2.00 bits per heavy atom. The van der Waals surface area contributed by atoms with Gasteiger partial charge in [0.2, 0.25) is 0 Å². The minimum atomic E-state index is -0.173. The summed E-state index contributed by atoms with van der Waals surface area (Å²) in [6.45, 7) is 1.90. The van der Waals surface area contributed by atoms with Crippen molar-refractivity contribution in [3.05, 3.63) is 53.3 Å². The van der Waals surface area contributed by atoms with Crippen molar-refractivity contribution in [1.82, 2.24) is 9.88 Å². The van der Waals surface area contributed by atoms with Gasteiger partial charge in [-0.3, -0.25) is 9.59 Å². The number of hydrogen-bond acceptors (Lipinski definition) is 3. The van der Waals surface area contributed by atoms with E-state index in [4.69, 9.17) is 4.74 Å². The molecule has 2 rings (SSSR count). The van der Waals surface area contributed by atoms with E-state index in [0.29, 0.717) is 17.8 Å². The first-order chi connectivity index (χ1) is 10.0. The molecule has 0 bridgehead atoms. The Morgan fingerprint density at radius 3 is 2.62 bits per heavy atom. The molecule has 1 aromatic carbocycles. The van der Waals surface area contributed by atoms with E-state index in [-0.39, 0.29) is 11.7 Å². The highest BCUT2D eigenvalue weighted by molar-refractivity contribution is 5.98. The number of ketones is 1. The third kappa shape index (κ3) is 3.31. The van der Waals surface area contributed by atoms with E-state index in [1.807, 2.05) is 24.3 Å². The largest absolute Gasteiger partial charge is 0.496 e. The molecule has 0 aliphatic heterocycles. The quantitative estimate of drug-likeness (QED) is 0.859. The second-order valence-electron chi connectivity index (χ2n) is 4.83. The molecule has 0 fully saturated rings. The van der Waals surface area contributed by atoms with E-state index < -0.39 is 0 Å². The Hall–Kier alpha value is -2.56. The number of carbonyl (C=O) groups excluding carboxylic acids is 2. The number of rotatable bonds is 5. The van der Waals surface area contributed by atoms with E-state index in [2.05, 4.69) is 4.98 Å². The van der Waals surface area contributed by atoms with Crippen LogP contribution in [-0.2, 0) is 6.54 Å². The minimum Gasteiger partial charge on any atom is -0.496 e. The number of methoxy groups -OCH3 is 1. The molecule has 1 aromatic heterocycles. The second-order valence-corrected chi connectivity index (χ2v) is 4.83. The summed E-state index contributed by atoms with van der Waals surface area (Å²) in [6, 6.07) is 9.13. The van der Waals surface area contributed by atoms with Gasteiger partial charge in [-0.05, 0) is 19.1 Å². The molecule has 1 amide bonds. The first kappa shape index (κ1) is 14.8. The van der Waals surface area contributed by atoms with E-state index in [9.17, 15) is 9.59 Å². The highest BCUT2D eigenvalue weighted by atomic mass is 16.5. The maximum atomic E-state index is 12.3. The van der Waals surface area contributed by atoms with E-state index in [1.165, 1.54) is 6.92 Å². The van der Waals surface area contributed by atoms with Gasteiger partial charge in [-0.2, -0.15) is 0 Å². The molecule has 21 heavy (non-hydrogen) atoms. The normalized spacial score (nSPS) is 10.2. The lowest BCUT2D eigenvalue weighted by Crippen LogP contribution is -2.26. The van der Waals surface area contributed by atoms with Crippen LogP contribution in [0.15, 0.2) is 36.5 Å². The number of ether oxygens (including phenoxy) is 1. The second kappa shape index (κ2) is 6.26. The van der Waals surface area contributed by atoms with Crippen molar-refractivity contribution in [2.75, 3.05) is 14.2 Å². The molecule has 0 saturated heterocycles. The fourth-order valence-corrected chi connectivity index (χ4v) is 2.09. The van der Waals surface area contributed by atoms with Gasteiger partial charge >= 0.3 is 0 Å². The zero-order valence-corrected chi connectivity index (χ0v) is 12.3. The third-order valence-corrected chi connectivity index (χ3v) is 3.27. The van der Waals surface area contributed by atoms with Crippen LogP contribution in [0.2, 0.25) is 0 Å². The molecule has 0 aliphatic rings. The van der Waals surface area contributed by atoms with Crippen LogP contribution in [0, 0.1) is 0 Å². The van der Waals surface area contributed by atoms with Gasteiger partial charge in [-0.1, -0.05) is 18.2 Å². The topological polar surface area (TPSA) is 62.4 Å². The number of para-hydroxylation sites is 1. The molecule has 0 radical (unpaired) electrons. The number of nitrogens with zero attached hydrogens (tertiary/aromatic N) is 1. The van der Waals surface area contributed by atoms with Crippen LogP contribution in [0.5, 0.6) is 5.75 Å². The van der Waals surface area contributed by atoms with Crippen molar-refractivity contribution in [2.45, 2.75) is 13.5 Å². The molecule has 0 saturated carbocycles. The first-order valence-electron chi connectivity index (χ1n) is 6.59. The summed E-state index contributed by atoms with van der Waals surface area (Å²) in [4.78, 5) is 28.0. The summed E-state index contributed by atoms with van der Waals surface area (Å²) in [5, 5.41) is 0. The van der Waals surface area contributed by atoms with Crippen LogP contribution in [0.1, 0.15) is 33.3 Å². The third-order valence-electron chi connectivity index (χ3n) is 3.27. The lowest BCUT2D eigenvalue weighted by molar-refractivity contribution is 0.0779. The van der Waals surface area contributed by atoms with Crippen LogP contribution in [0.3, 0.4) is 0 Å². The monoisotopic (exact) mass is 286 g/mol. The van der Waals surface area contributed by atoms with Gasteiger partial charge < -0.3 is 14.6 Å². The van der Waals surface area contributed by atoms with Crippen molar-refractivity contribution in [3.8, 4) is 5.75 Å². The highest BCUT2D eigenvalue weighted by Crippen LogP contribution is 2.19. The fraction of sp³-hybridized carbons (Fsp3) is 0.250. The summed E-state index contributed by atoms with van der Waals surface area (Å²) in [5.74, 6) is 0.499. The number of aromatic nitrogens is 1. The van der Waals surface area contributed by atoms with E-state index in [0.717, 1.165) is 11.3 Å².